The lowest BCUT2D eigenvalue weighted by atomic mass is 9.91. The number of hydrogen-bond donors (Lipinski definition) is 1. The molecule has 0 amide bonds. The van der Waals surface area contributed by atoms with Crippen molar-refractivity contribution in [2.45, 2.75) is 29.8 Å². The van der Waals surface area contributed by atoms with Crippen molar-refractivity contribution in [1.29, 1.82) is 0 Å². The third-order valence-corrected chi connectivity index (χ3v) is 5.28. The Morgan fingerprint density at radius 2 is 2.04 bits per heavy atom. The van der Waals surface area contributed by atoms with E-state index in [4.69, 9.17) is 6.57 Å². The molecule has 132 valence electrons. The van der Waals surface area contributed by atoms with Gasteiger partial charge in [0.2, 0.25) is 0 Å². The predicted molar refractivity (Wildman–Crippen MR) is 83.3 cm³/mol. The zero-order valence-electron chi connectivity index (χ0n) is 13.0. The van der Waals surface area contributed by atoms with Crippen LogP contribution in [0.5, 0.6) is 0 Å². The van der Waals surface area contributed by atoms with E-state index in [0.29, 0.717) is 0 Å². The van der Waals surface area contributed by atoms with Crippen LogP contribution in [0.15, 0.2) is 29.3 Å². The van der Waals surface area contributed by atoms with Crippen LogP contribution in [0.1, 0.15) is 23.8 Å². The number of nitrogens with zero attached hydrogens (tertiary/aromatic N) is 2. The van der Waals surface area contributed by atoms with Crippen LogP contribution in [0, 0.1) is 12.4 Å². The zero-order valence-corrected chi connectivity index (χ0v) is 13.8. The van der Waals surface area contributed by atoms with Crippen molar-refractivity contribution in [2.24, 2.45) is 0 Å². The summed E-state index contributed by atoms with van der Waals surface area (Å²) in [5.74, 6) is -4.17. The van der Waals surface area contributed by atoms with Gasteiger partial charge in [-0.05, 0) is 24.6 Å². The number of aromatic nitrogens is 1. The minimum Gasteiger partial charge on any atom is -0.382 e. The van der Waals surface area contributed by atoms with E-state index < -0.39 is 39.0 Å². The zero-order chi connectivity index (χ0) is 18.6. The van der Waals surface area contributed by atoms with Gasteiger partial charge in [0.05, 0.1) is 11.5 Å². The van der Waals surface area contributed by atoms with E-state index in [1.54, 1.807) is 0 Å². The van der Waals surface area contributed by atoms with Gasteiger partial charge in [0, 0.05) is 35.8 Å². The second-order valence-electron chi connectivity index (χ2n) is 5.94. The smallest absolute Gasteiger partial charge is 0.278 e. The Morgan fingerprint density at radius 1 is 1.36 bits per heavy atom. The van der Waals surface area contributed by atoms with Crippen molar-refractivity contribution < 1.29 is 26.7 Å². The number of aliphatic hydroxyl groups excluding tert-OH is 1. The first kappa shape index (κ1) is 17.5. The molecule has 1 aromatic heterocycles. The van der Waals surface area contributed by atoms with Crippen molar-refractivity contribution in [3.05, 3.63) is 52.9 Å². The van der Waals surface area contributed by atoms with Crippen LogP contribution in [0.2, 0.25) is 0 Å². The number of rotatable bonds is 2. The summed E-state index contributed by atoms with van der Waals surface area (Å²) in [7, 11) is -3.91. The Bertz CT molecular complexity index is 1010. The van der Waals surface area contributed by atoms with Gasteiger partial charge in [-0.3, -0.25) is 0 Å². The summed E-state index contributed by atoms with van der Waals surface area (Å²) in [6.07, 6.45) is -1.19. The number of fused-ring (bicyclic) bond motifs is 1. The van der Waals surface area contributed by atoms with Gasteiger partial charge in [0.15, 0.2) is 15.5 Å². The molecule has 1 aliphatic rings. The van der Waals surface area contributed by atoms with Crippen LogP contribution in [-0.2, 0) is 16.3 Å². The lowest BCUT2D eigenvalue weighted by Crippen LogP contribution is -2.32. The molecule has 0 bridgehead atoms. The minimum atomic E-state index is -3.91. The maximum atomic E-state index is 13.9. The monoisotopic (exact) mass is 370 g/mol. The first-order chi connectivity index (χ1) is 11.5. The van der Waals surface area contributed by atoms with Gasteiger partial charge in [0.1, 0.15) is 11.9 Å². The van der Waals surface area contributed by atoms with E-state index in [-0.39, 0.29) is 29.1 Å². The highest BCUT2D eigenvalue weighted by atomic mass is 32.2. The van der Waals surface area contributed by atoms with Crippen molar-refractivity contribution >= 4 is 15.5 Å². The second-order valence-corrected chi connectivity index (χ2v) is 7.92. The van der Waals surface area contributed by atoms with Crippen LogP contribution in [0.4, 0.5) is 18.9 Å². The van der Waals surface area contributed by atoms with Gasteiger partial charge < -0.3 is 9.67 Å². The molecule has 2 aromatic rings. The summed E-state index contributed by atoms with van der Waals surface area (Å²) in [5.41, 5.74) is -0.0811. The number of halogens is 3. The van der Waals surface area contributed by atoms with E-state index in [2.05, 4.69) is 4.85 Å². The number of sulfone groups is 1. The third-order valence-electron chi connectivity index (χ3n) is 4.16. The number of aliphatic hydroxyl groups is 1. The average Bonchev–Trinajstić information content (AvgIpc) is 2.90. The fourth-order valence-electron chi connectivity index (χ4n) is 3.01. The topological polar surface area (TPSA) is 63.7 Å². The summed E-state index contributed by atoms with van der Waals surface area (Å²) >= 11 is 0. The first-order valence-corrected chi connectivity index (χ1v) is 9.12. The van der Waals surface area contributed by atoms with Gasteiger partial charge in [-0.1, -0.05) is 0 Å². The summed E-state index contributed by atoms with van der Waals surface area (Å²) in [6.45, 7) is 6.99. The van der Waals surface area contributed by atoms with E-state index in [1.165, 1.54) is 10.6 Å². The van der Waals surface area contributed by atoms with Crippen molar-refractivity contribution in [1.82, 2.24) is 4.57 Å². The summed E-state index contributed by atoms with van der Waals surface area (Å²) in [5, 5.41) is 10.00. The first-order valence-electron chi connectivity index (χ1n) is 7.23. The molecule has 1 heterocycles. The molecule has 1 N–H and O–H groups in total. The molecule has 9 heteroatoms. The SMILES string of the molecule is [C-]#[N+]c1cc(F)cc(-n2cc(S(C)(=O)=O)c3c2CCC(F)(F)C3O)c1. The Balaban J connectivity index is 2.32. The maximum Gasteiger partial charge on any atom is 0.278 e. The molecule has 5 nitrogen and oxygen atoms in total. The molecule has 1 aromatic carbocycles. The molecular weight excluding hydrogens is 357 g/mol. The molecule has 0 saturated heterocycles. The minimum absolute atomic E-state index is 0.0138. The third kappa shape index (κ3) is 2.92. The van der Waals surface area contributed by atoms with E-state index in [1.807, 2.05) is 0 Å². The highest BCUT2D eigenvalue weighted by Gasteiger charge is 2.47. The van der Waals surface area contributed by atoms with Crippen LogP contribution >= 0.6 is 0 Å². The highest BCUT2D eigenvalue weighted by molar-refractivity contribution is 7.90. The van der Waals surface area contributed by atoms with Crippen molar-refractivity contribution in [3.63, 3.8) is 0 Å². The van der Waals surface area contributed by atoms with E-state index in [9.17, 15) is 26.7 Å². The normalized spacial score (nSPS) is 19.3. The quantitative estimate of drug-likeness (QED) is 0.826. The molecule has 1 unspecified atom stereocenters. The molecule has 25 heavy (non-hydrogen) atoms. The van der Waals surface area contributed by atoms with Gasteiger partial charge in [-0.2, -0.15) is 0 Å². The fourth-order valence-corrected chi connectivity index (χ4v) is 3.93. The lowest BCUT2D eigenvalue weighted by Gasteiger charge is -2.29. The van der Waals surface area contributed by atoms with Gasteiger partial charge >= 0.3 is 0 Å². The Hall–Kier alpha value is -2.31. The summed E-state index contributed by atoms with van der Waals surface area (Å²) < 4.78 is 66.8. The highest BCUT2D eigenvalue weighted by Crippen LogP contribution is 2.45. The van der Waals surface area contributed by atoms with Gasteiger partial charge in [-0.15, -0.1) is 0 Å². The van der Waals surface area contributed by atoms with E-state index in [0.717, 1.165) is 24.6 Å². The van der Waals surface area contributed by atoms with Crippen LogP contribution in [-0.4, -0.2) is 30.3 Å². The van der Waals surface area contributed by atoms with Gasteiger partial charge in [0.25, 0.3) is 5.92 Å². The van der Waals surface area contributed by atoms with Crippen LogP contribution < -0.4 is 0 Å². The summed E-state index contributed by atoms with van der Waals surface area (Å²) in [6, 6.07) is 3.40. The number of benzene rings is 1. The molecular formula is C16H13F3N2O3S. The average molecular weight is 370 g/mol. The molecule has 3 rings (SSSR count). The molecule has 0 fully saturated rings. The predicted octanol–water partition coefficient (Wildman–Crippen LogP) is 3.19. The Labute approximate surface area is 142 Å². The second kappa shape index (κ2) is 5.61. The van der Waals surface area contributed by atoms with Gasteiger partial charge in [-0.25, -0.2) is 26.4 Å². The molecule has 0 spiro atoms. The largest absolute Gasteiger partial charge is 0.382 e. The van der Waals surface area contributed by atoms with Crippen molar-refractivity contribution in [2.75, 3.05) is 6.26 Å². The number of hydrogen-bond acceptors (Lipinski definition) is 3. The Kier molecular flexibility index (Phi) is 3.93. The van der Waals surface area contributed by atoms with Crippen LogP contribution in [0.3, 0.4) is 0 Å². The maximum absolute atomic E-state index is 13.9. The van der Waals surface area contributed by atoms with E-state index >= 15 is 0 Å². The number of alkyl halides is 2. The van der Waals surface area contributed by atoms with Crippen molar-refractivity contribution in [3.8, 4) is 5.69 Å². The molecule has 1 aliphatic carbocycles. The lowest BCUT2D eigenvalue weighted by molar-refractivity contribution is -0.123. The molecule has 0 radical (unpaired) electrons. The summed E-state index contributed by atoms with van der Waals surface area (Å²) in [4.78, 5) is 2.70. The molecule has 0 saturated carbocycles. The Morgan fingerprint density at radius 3 is 2.64 bits per heavy atom. The molecule has 1 atom stereocenters. The standard InChI is InChI=1S/C16H13F3N2O3S/c1-20-10-5-9(17)6-11(7-10)21-8-13(25(2,23)24)14-12(21)3-4-16(18,19)15(14)22/h5-8,15,22H,3-4H2,2H3. The fraction of sp³-hybridized carbons (Fsp3) is 0.312. The molecule has 0 aliphatic heterocycles. The van der Waals surface area contributed by atoms with Crippen LogP contribution in [0.25, 0.3) is 10.5 Å².